The Balaban J connectivity index is 0.000000605. The summed E-state index contributed by atoms with van der Waals surface area (Å²) in [6.07, 6.45) is 3.63. The van der Waals surface area contributed by atoms with Crippen molar-refractivity contribution >= 4 is 18.9 Å². The summed E-state index contributed by atoms with van der Waals surface area (Å²) in [6.45, 7) is 1.56. The van der Waals surface area contributed by atoms with E-state index in [0.717, 1.165) is 13.0 Å². The Morgan fingerprint density at radius 2 is 2.27 bits per heavy atom. The van der Waals surface area contributed by atoms with Crippen molar-refractivity contribution in [1.29, 1.82) is 0 Å². The van der Waals surface area contributed by atoms with Gasteiger partial charge in [0.05, 0.1) is 0 Å². The van der Waals surface area contributed by atoms with Gasteiger partial charge in [-0.1, -0.05) is 0 Å². The summed E-state index contributed by atoms with van der Waals surface area (Å²) in [5.41, 5.74) is 0.522. The van der Waals surface area contributed by atoms with Gasteiger partial charge in [0.25, 0.3) is 6.47 Å². The Hall–Kier alpha value is -0.280. The zero-order valence-corrected chi connectivity index (χ0v) is 7.02. The average Bonchev–Trinajstić information content (AvgIpc) is 2.52. The van der Waals surface area contributed by atoms with E-state index in [1.165, 1.54) is 12.8 Å². The standard InChI is InChI=1S/C7H11NO2.ClH/c9-5-10-6-3-7(1-2-7)4-8-6;/h5-6,8H,1-4H2;1H. The minimum atomic E-state index is -0.000000000000000444. The Bertz CT molecular complexity index is 159. The first-order chi connectivity index (χ1) is 4.85. The van der Waals surface area contributed by atoms with Crippen molar-refractivity contribution in [2.45, 2.75) is 25.5 Å². The van der Waals surface area contributed by atoms with Crippen molar-refractivity contribution in [2.24, 2.45) is 5.41 Å². The highest BCUT2D eigenvalue weighted by molar-refractivity contribution is 5.85. The third-order valence-corrected chi connectivity index (χ3v) is 2.50. The number of rotatable bonds is 2. The van der Waals surface area contributed by atoms with Gasteiger partial charge in [-0.15, -0.1) is 12.4 Å². The van der Waals surface area contributed by atoms with E-state index >= 15 is 0 Å². The molecule has 11 heavy (non-hydrogen) atoms. The number of halogens is 1. The molecule has 2 aliphatic rings. The van der Waals surface area contributed by atoms with Gasteiger partial charge in [0, 0.05) is 13.0 Å². The quantitative estimate of drug-likeness (QED) is 0.631. The lowest BCUT2D eigenvalue weighted by Gasteiger charge is -2.05. The van der Waals surface area contributed by atoms with Crippen LogP contribution in [0.4, 0.5) is 0 Å². The van der Waals surface area contributed by atoms with E-state index in [2.05, 4.69) is 5.32 Å². The molecule has 1 aliphatic heterocycles. The van der Waals surface area contributed by atoms with E-state index in [4.69, 9.17) is 4.74 Å². The molecule has 1 unspecified atom stereocenters. The second-order valence-corrected chi connectivity index (χ2v) is 3.31. The normalized spacial score (nSPS) is 31.1. The van der Waals surface area contributed by atoms with Crippen molar-refractivity contribution in [3.63, 3.8) is 0 Å². The summed E-state index contributed by atoms with van der Waals surface area (Å²) in [5, 5.41) is 3.16. The SMILES string of the molecule is Cl.O=COC1CC2(CC2)CN1. The van der Waals surface area contributed by atoms with Crippen molar-refractivity contribution in [1.82, 2.24) is 5.32 Å². The lowest BCUT2D eigenvalue weighted by Crippen LogP contribution is -2.23. The fourth-order valence-corrected chi connectivity index (χ4v) is 1.59. The van der Waals surface area contributed by atoms with Gasteiger partial charge in [-0.25, -0.2) is 0 Å². The lowest BCUT2D eigenvalue weighted by atomic mass is 10.1. The molecule has 0 bridgehead atoms. The zero-order valence-electron chi connectivity index (χ0n) is 6.21. The number of hydrogen-bond acceptors (Lipinski definition) is 3. The van der Waals surface area contributed by atoms with Crippen molar-refractivity contribution in [2.75, 3.05) is 6.54 Å². The summed E-state index contributed by atoms with van der Waals surface area (Å²) >= 11 is 0. The molecule has 4 heteroatoms. The van der Waals surface area contributed by atoms with Crippen LogP contribution >= 0.6 is 12.4 Å². The number of nitrogens with one attached hydrogen (secondary N) is 1. The van der Waals surface area contributed by atoms with Crippen LogP contribution in [0.25, 0.3) is 0 Å². The molecule has 0 aromatic heterocycles. The van der Waals surface area contributed by atoms with Crippen LogP contribution in [0.3, 0.4) is 0 Å². The van der Waals surface area contributed by atoms with Gasteiger partial charge >= 0.3 is 0 Å². The molecule has 2 fully saturated rings. The smallest absolute Gasteiger partial charge is 0.294 e. The molecule has 1 N–H and O–H groups in total. The Labute approximate surface area is 71.9 Å². The predicted molar refractivity (Wildman–Crippen MR) is 42.5 cm³/mol. The molecule has 0 radical (unpaired) electrons. The highest BCUT2D eigenvalue weighted by Gasteiger charge is 2.48. The van der Waals surface area contributed by atoms with Gasteiger partial charge in [0.2, 0.25) is 0 Å². The average molecular weight is 178 g/mol. The van der Waals surface area contributed by atoms with E-state index in [9.17, 15) is 4.79 Å². The van der Waals surface area contributed by atoms with Crippen LogP contribution in [0, 0.1) is 5.41 Å². The fourth-order valence-electron chi connectivity index (χ4n) is 1.59. The van der Waals surface area contributed by atoms with E-state index in [1.54, 1.807) is 0 Å². The molecule has 2 rings (SSSR count). The zero-order chi connectivity index (χ0) is 7.03. The van der Waals surface area contributed by atoms with E-state index in [-0.39, 0.29) is 18.6 Å². The Kier molecular flexibility index (Phi) is 2.40. The van der Waals surface area contributed by atoms with Crippen molar-refractivity contribution in [3.05, 3.63) is 0 Å². The molecule has 0 aromatic rings. The topological polar surface area (TPSA) is 38.3 Å². The van der Waals surface area contributed by atoms with Gasteiger partial charge in [0.1, 0.15) is 0 Å². The Morgan fingerprint density at radius 3 is 2.73 bits per heavy atom. The summed E-state index contributed by atoms with van der Waals surface area (Å²) in [5.74, 6) is 0. The van der Waals surface area contributed by atoms with Crippen molar-refractivity contribution < 1.29 is 9.53 Å². The first-order valence-corrected chi connectivity index (χ1v) is 3.67. The molecule has 1 aliphatic carbocycles. The first-order valence-electron chi connectivity index (χ1n) is 3.67. The summed E-state index contributed by atoms with van der Waals surface area (Å²) in [7, 11) is 0. The monoisotopic (exact) mass is 177 g/mol. The van der Waals surface area contributed by atoms with Crippen molar-refractivity contribution in [3.8, 4) is 0 Å². The number of carbonyl (C=O) groups is 1. The van der Waals surface area contributed by atoms with Crippen LogP contribution < -0.4 is 5.32 Å². The predicted octanol–water partition coefficient (Wildman–Crippen LogP) is 0.681. The van der Waals surface area contributed by atoms with Crippen LogP contribution in [0.1, 0.15) is 19.3 Å². The van der Waals surface area contributed by atoms with Crippen LogP contribution in [-0.4, -0.2) is 19.2 Å². The summed E-state index contributed by atoms with van der Waals surface area (Å²) in [4.78, 5) is 9.93. The van der Waals surface area contributed by atoms with Crippen LogP contribution in [0.15, 0.2) is 0 Å². The highest BCUT2D eigenvalue weighted by atomic mass is 35.5. The number of hydrogen-bond donors (Lipinski definition) is 1. The van der Waals surface area contributed by atoms with E-state index < -0.39 is 0 Å². The van der Waals surface area contributed by atoms with E-state index in [0.29, 0.717) is 11.9 Å². The molecule has 1 saturated carbocycles. The Morgan fingerprint density at radius 1 is 1.55 bits per heavy atom. The second kappa shape index (κ2) is 2.99. The molecule has 1 atom stereocenters. The van der Waals surface area contributed by atoms with Crippen LogP contribution in [0.2, 0.25) is 0 Å². The maximum Gasteiger partial charge on any atom is 0.294 e. The molecule has 0 amide bonds. The summed E-state index contributed by atoms with van der Waals surface area (Å²) < 4.78 is 4.79. The van der Waals surface area contributed by atoms with Crippen LogP contribution in [0.5, 0.6) is 0 Å². The third-order valence-electron chi connectivity index (χ3n) is 2.50. The maximum atomic E-state index is 9.93. The molecule has 1 saturated heterocycles. The van der Waals surface area contributed by atoms with Gasteiger partial charge in [0.15, 0.2) is 6.23 Å². The van der Waals surface area contributed by atoms with Crippen LogP contribution in [-0.2, 0) is 9.53 Å². The summed E-state index contributed by atoms with van der Waals surface area (Å²) in [6, 6.07) is 0. The maximum absolute atomic E-state index is 9.93. The minimum absolute atomic E-state index is 0. The molecular weight excluding hydrogens is 166 g/mol. The highest BCUT2D eigenvalue weighted by Crippen LogP contribution is 2.51. The number of ether oxygens (including phenoxy) is 1. The second-order valence-electron chi connectivity index (χ2n) is 3.31. The largest absolute Gasteiger partial charge is 0.449 e. The molecule has 1 heterocycles. The molecular formula is C7H12ClNO2. The molecule has 0 aromatic carbocycles. The fraction of sp³-hybridized carbons (Fsp3) is 0.857. The third kappa shape index (κ3) is 1.65. The van der Waals surface area contributed by atoms with Gasteiger partial charge < -0.3 is 4.74 Å². The lowest BCUT2D eigenvalue weighted by molar-refractivity contribution is -0.134. The van der Waals surface area contributed by atoms with Gasteiger partial charge in [-0.3, -0.25) is 10.1 Å². The molecule has 3 nitrogen and oxygen atoms in total. The van der Waals surface area contributed by atoms with Gasteiger partial charge in [-0.05, 0) is 18.3 Å². The van der Waals surface area contributed by atoms with Gasteiger partial charge in [-0.2, -0.15) is 0 Å². The first kappa shape index (κ1) is 8.81. The minimum Gasteiger partial charge on any atom is -0.449 e. The van der Waals surface area contributed by atoms with E-state index in [1.807, 2.05) is 0 Å². The molecule has 64 valence electrons. The molecule has 1 spiro atoms. The number of carbonyl (C=O) groups excluding carboxylic acids is 1.